The van der Waals surface area contributed by atoms with E-state index in [1.54, 1.807) is 11.8 Å². The van der Waals surface area contributed by atoms with E-state index in [2.05, 4.69) is 35.1 Å². The van der Waals surface area contributed by atoms with Crippen molar-refractivity contribution in [1.29, 1.82) is 0 Å². The van der Waals surface area contributed by atoms with E-state index in [0.29, 0.717) is 19.0 Å². The number of aryl methyl sites for hydroxylation is 1. The molecule has 2 unspecified atom stereocenters. The molecular formula is C41H43N5O4S. The van der Waals surface area contributed by atoms with Crippen molar-refractivity contribution in [2.45, 2.75) is 69.0 Å². The smallest absolute Gasteiger partial charge is 0.331 e. The molecule has 8 rings (SSSR count). The van der Waals surface area contributed by atoms with Gasteiger partial charge >= 0.3 is 6.03 Å². The molecule has 2 heterocycles. The maximum atomic E-state index is 16.1. The first kappa shape index (κ1) is 33.2. The van der Waals surface area contributed by atoms with E-state index in [0.717, 1.165) is 71.2 Å². The standard InChI is InChI=1S/C41H43N5O4S/c1-40(2)26-46-38(50-27-40)36(25-42-46)51(48,44-39(47)43-37-32-21-13-14-28(32)24-34-33(37)22-23-35(34)49-3)45-41(29-15-7-4-8-16-29,30-17-9-5-10-18-30)31-19-11-6-12-20-31/h4-12,15-20,24-25,35H,13-14,21-23,26-27H2,1-3H3,(H2,43,44,45,47,48). The highest BCUT2D eigenvalue weighted by atomic mass is 32.2. The van der Waals surface area contributed by atoms with Crippen LogP contribution in [-0.2, 0) is 46.0 Å². The van der Waals surface area contributed by atoms with E-state index in [-0.39, 0.29) is 16.4 Å². The summed E-state index contributed by atoms with van der Waals surface area (Å²) in [7, 11) is -2.10. The lowest BCUT2D eigenvalue weighted by Crippen LogP contribution is -2.39. The van der Waals surface area contributed by atoms with Gasteiger partial charge in [0.25, 0.3) is 0 Å². The van der Waals surface area contributed by atoms with E-state index in [9.17, 15) is 4.79 Å². The highest BCUT2D eigenvalue weighted by Crippen LogP contribution is 2.45. The number of nitrogens with one attached hydrogen (secondary N) is 2. The van der Waals surface area contributed by atoms with Gasteiger partial charge in [0, 0.05) is 18.2 Å². The number of fused-ring (bicyclic) bond motifs is 3. The Labute approximate surface area is 299 Å². The van der Waals surface area contributed by atoms with Crippen LogP contribution in [0.1, 0.15) is 71.7 Å². The van der Waals surface area contributed by atoms with Gasteiger partial charge in [0.15, 0.2) is 9.92 Å². The lowest BCUT2D eigenvalue weighted by molar-refractivity contribution is 0.0971. The molecule has 0 saturated carbocycles. The van der Waals surface area contributed by atoms with Gasteiger partial charge in [0.1, 0.15) is 10.4 Å². The zero-order valence-corrected chi connectivity index (χ0v) is 30.0. The number of nitrogens with zero attached hydrogens (tertiary/aromatic N) is 3. The van der Waals surface area contributed by atoms with Crippen LogP contribution in [-0.4, -0.2) is 33.7 Å². The zero-order valence-electron chi connectivity index (χ0n) is 29.2. The molecule has 0 spiro atoms. The Morgan fingerprint density at radius 2 is 1.57 bits per heavy atom. The number of carbonyl (C=O) groups is 1. The third-order valence-electron chi connectivity index (χ3n) is 10.4. The van der Waals surface area contributed by atoms with Gasteiger partial charge in [-0.1, -0.05) is 111 Å². The molecule has 51 heavy (non-hydrogen) atoms. The summed E-state index contributed by atoms with van der Waals surface area (Å²) in [4.78, 5) is 14.7. The molecule has 2 aliphatic carbocycles. The highest BCUT2D eigenvalue weighted by Gasteiger charge is 2.41. The molecular weight excluding hydrogens is 659 g/mol. The second-order valence-corrected chi connectivity index (χ2v) is 16.4. The van der Waals surface area contributed by atoms with Crippen LogP contribution in [0.4, 0.5) is 10.5 Å². The number of carbonyl (C=O) groups excluding carboxylic acids is 1. The van der Waals surface area contributed by atoms with Crippen LogP contribution >= 0.6 is 0 Å². The van der Waals surface area contributed by atoms with Crippen LogP contribution < -0.4 is 14.8 Å². The Morgan fingerprint density at radius 1 is 0.941 bits per heavy atom. The zero-order chi connectivity index (χ0) is 35.2. The number of hydrogen-bond donors (Lipinski definition) is 2. The van der Waals surface area contributed by atoms with Gasteiger partial charge in [-0.25, -0.2) is 18.4 Å². The number of benzene rings is 4. The number of methoxy groups -OCH3 is 1. The minimum Gasteiger partial charge on any atom is -0.476 e. The van der Waals surface area contributed by atoms with Gasteiger partial charge < -0.3 is 14.8 Å². The van der Waals surface area contributed by atoms with Crippen LogP contribution in [0.3, 0.4) is 0 Å². The molecule has 0 fully saturated rings. The summed E-state index contributed by atoms with van der Waals surface area (Å²) in [5.74, 6) is 0.343. The minimum absolute atomic E-state index is 0.0164. The molecule has 1 aromatic heterocycles. The van der Waals surface area contributed by atoms with E-state index in [1.165, 1.54) is 11.8 Å². The topological polar surface area (TPSA) is 107 Å². The quantitative estimate of drug-likeness (QED) is 0.160. The second-order valence-electron chi connectivity index (χ2n) is 14.5. The first-order valence-electron chi connectivity index (χ1n) is 17.6. The predicted octanol–water partition coefficient (Wildman–Crippen LogP) is 7.98. The molecule has 2 N–H and O–H groups in total. The minimum atomic E-state index is -3.84. The number of amides is 2. The van der Waals surface area contributed by atoms with E-state index >= 15 is 4.21 Å². The third kappa shape index (κ3) is 5.90. The van der Waals surface area contributed by atoms with Crippen LogP contribution in [0.25, 0.3) is 0 Å². The second kappa shape index (κ2) is 13.0. The SMILES string of the molecule is COC1CCc2c1cc1c(c2NC(=O)NS(=O)(=NC(c2ccccc2)(c2ccccc2)c2ccccc2)c2cnn3c2OCC(C)(C)C3)CCC1. The average molecular weight is 702 g/mol. The highest BCUT2D eigenvalue weighted by molar-refractivity contribution is 7.92. The van der Waals surface area contributed by atoms with Crippen LogP contribution in [0, 0.1) is 5.41 Å². The molecule has 10 heteroatoms. The van der Waals surface area contributed by atoms with Crippen LogP contribution in [0.5, 0.6) is 5.88 Å². The maximum absolute atomic E-state index is 16.1. The summed E-state index contributed by atoms with van der Waals surface area (Å²) in [5.41, 5.74) is 6.29. The Bertz CT molecular complexity index is 2110. The number of hydrogen-bond acceptors (Lipinski definition) is 6. The van der Waals surface area contributed by atoms with Crippen molar-refractivity contribution in [1.82, 2.24) is 14.5 Å². The molecule has 1 aliphatic heterocycles. The largest absolute Gasteiger partial charge is 0.476 e. The summed E-state index contributed by atoms with van der Waals surface area (Å²) in [6.45, 7) is 5.16. The summed E-state index contributed by atoms with van der Waals surface area (Å²) < 4.78 is 38.3. The maximum Gasteiger partial charge on any atom is 0.331 e. The molecule has 2 amide bonds. The Kier molecular flexibility index (Phi) is 8.47. The normalized spacial score (nSPS) is 18.5. The van der Waals surface area contributed by atoms with E-state index < -0.39 is 21.5 Å². The number of ether oxygens (including phenoxy) is 2. The van der Waals surface area contributed by atoms with Crippen LogP contribution in [0.15, 0.2) is 113 Å². The lowest BCUT2D eigenvalue weighted by atomic mass is 9.78. The Morgan fingerprint density at radius 3 is 2.18 bits per heavy atom. The summed E-state index contributed by atoms with van der Waals surface area (Å²) in [5, 5.41) is 7.83. The molecule has 4 aromatic carbocycles. The molecule has 3 aliphatic rings. The molecule has 5 aromatic rings. The summed E-state index contributed by atoms with van der Waals surface area (Å²) in [6, 6.07) is 31.1. The van der Waals surface area contributed by atoms with Gasteiger partial charge in [-0.05, 0) is 71.0 Å². The van der Waals surface area contributed by atoms with Gasteiger partial charge in [-0.2, -0.15) is 9.46 Å². The van der Waals surface area contributed by atoms with Crippen molar-refractivity contribution in [3.05, 3.63) is 142 Å². The molecule has 0 radical (unpaired) electrons. The summed E-state index contributed by atoms with van der Waals surface area (Å²) in [6.07, 6.45) is 5.99. The van der Waals surface area contributed by atoms with Crippen molar-refractivity contribution in [3.8, 4) is 5.88 Å². The van der Waals surface area contributed by atoms with Gasteiger partial charge in [-0.15, -0.1) is 0 Å². The monoisotopic (exact) mass is 701 g/mol. The molecule has 2 atom stereocenters. The van der Waals surface area contributed by atoms with Gasteiger partial charge in [0.2, 0.25) is 5.88 Å². The van der Waals surface area contributed by atoms with E-state index in [4.69, 9.17) is 13.8 Å². The average Bonchev–Trinajstić information content (AvgIpc) is 3.90. The van der Waals surface area contributed by atoms with Crippen LogP contribution in [0.2, 0.25) is 0 Å². The number of rotatable bonds is 8. The fourth-order valence-corrected chi connectivity index (χ4v) is 9.85. The Balaban J connectivity index is 1.34. The predicted molar refractivity (Wildman–Crippen MR) is 198 cm³/mol. The van der Waals surface area contributed by atoms with Crippen molar-refractivity contribution >= 4 is 21.6 Å². The van der Waals surface area contributed by atoms with Crippen molar-refractivity contribution in [2.75, 3.05) is 19.0 Å². The number of anilines is 1. The fraction of sp³-hybridized carbons (Fsp3) is 0.317. The number of urea groups is 1. The van der Waals surface area contributed by atoms with Gasteiger partial charge in [-0.3, -0.25) is 0 Å². The molecule has 0 bridgehead atoms. The summed E-state index contributed by atoms with van der Waals surface area (Å²) >= 11 is 0. The molecule has 0 saturated heterocycles. The Hall–Kier alpha value is -4.93. The molecule has 9 nitrogen and oxygen atoms in total. The van der Waals surface area contributed by atoms with E-state index in [1.807, 2.05) is 91.0 Å². The molecule has 262 valence electrons. The first-order valence-corrected chi connectivity index (χ1v) is 19.1. The number of aromatic nitrogens is 2. The van der Waals surface area contributed by atoms with Crippen molar-refractivity contribution in [2.24, 2.45) is 9.78 Å². The van der Waals surface area contributed by atoms with Crippen molar-refractivity contribution < 1.29 is 18.5 Å². The van der Waals surface area contributed by atoms with Crippen molar-refractivity contribution in [3.63, 3.8) is 0 Å². The lowest BCUT2D eigenvalue weighted by Gasteiger charge is -2.34. The van der Waals surface area contributed by atoms with Gasteiger partial charge in [0.05, 0.1) is 25.5 Å². The first-order chi connectivity index (χ1) is 24.7. The fourth-order valence-electron chi connectivity index (χ4n) is 8.00. The third-order valence-corrected chi connectivity index (χ3v) is 12.2.